The molecule has 16 heavy (non-hydrogen) atoms. The summed E-state index contributed by atoms with van der Waals surface area (Å²) >= 11 is 1.40. The van der Waals surface area contributed by atoms with Gasteiger partial charge in [0.2, 0.25) is 5.13 Å². The van der Waals surface area contributed by atoms with Crippen molar-refractivity contribution >= 4 is 16.7 Å². The zero-order valence-electron chi connectivity index (χ0n) is 10.4. The molecule has 0 aromatic carbocycles. The fraction of sp³-hybridized carbons (Fsp3) is 0.818. The quantitative estimate of drug-likeness (QED) is 0.834. The van der Waals surface area contributed by atoms with Crippen LogP contribution in [0.4, 0.5) is 5.13 Å². The summed E-state index contributed by atoms with van der Waals surface area (Å²) in [6.45, 7) is 8.65. The molecule has 1 unspecified atom stereocenters. The van der Waals surface area contributed by atoms with Gasteiger partial charge < -0.3 is 10.4 Å². The molecular weight excluding hydrogens is 222 g/mol. The summed E-state index contributed by atoms with van der Waals surface area (Å²) in [5.41, 5.74) is 0.00473. The Kier molecular flexibility index (Phi) is 4.68. The number of anilines is 1. The minimum Gasteiger partial charge on any atom is -0.396 e. The van der Waals surface area contributed by atoms with Crippen LogP contribution < -0.4 is 5.32 Å². The predicted octanol–water partition coefficient (Wildman–Crippen LogP) is 2.41. The first kappa shape index (κ1) is 13.4. The lowest BCUT2D eigenvalue weighted by molar-refractivity contribution is 0.282. The van der Waals surface area contributed by atoms with E-state index in [0.29, 0.717) is 6.04 Å². The van der Waals surface area contributed by atoms with Crippen LogP contribution in [0.25, 0.3) is 0 Å². The second-order valence-electron chi connectivity index (χ2n) is 5.08. The van der Waals surface area contributed by atoms with Crippen molar-refractivity contribution in [3.8, 4) is 0 Å². The Balaban J connectivity index is 2.52. The van der Waals surface area contributed by atoms with Crippen LogP contribution in [0, 0.1) is 0 Å². The monoisotopic (exact) mass is 243 g/mol. The molecule has 0 amide bonds. The molecule has 0 aliphatic carbocycles. The van der Waals surface area contributed by atoms with Crippen molar-refractivity contribution in [2.24, 2.45) is 0 Å². The van der Waals surface area contributed by atoms with Crippen molar-refractivity contribution < 1.29 is 5.11 Å². The van der Waals surface area contributed by atoms with E-state index in [9.17, 15) is 0 Å². The molecule has 0 fully saturated rings. The summed E-state index contributed by atoms with van der Waals surface area (Å²) in [5, 5.41) is 12.9. The lowest BCUT2D eigenvalue weighted by Gasteiger charge is -2.13. The summed E-state index contributed by atoms with van der Waals surface area (Å²) in [4.78, 5) is 4.46. The largest absolute Gasteiger partial charge is 0.396 e. The Bertz CT molecular complexity index is 319. The Hall–Kier alpha value is -0.680. The molecule has 0 radical (unpaired) electrons. The molecule has 1 heterocycles. The molecule has 5 heteroatoms. The van der Waals surface area contributed by atoms with Gasteiger partial charge in [0.15, 0.2) is 0 Å². The molecule has 0 saturated carbocycles. The summed E-state index contributed by atoms with van der Waals surface area (Å²) < 4.78 is 4.34. The van der Waals surface area contributed by atoms with Gasteiger partial charge >= 0.3 is 0 Å². The number of hydrogen-bond acceptors (Lipinski definition) is 5. The van der Waals surface area contributed by atoms with E-state index in [1.54, 1.807) is 0 Å². The van der Waals surface area contributed by atoms with Crippen LogP contribution in [0.5, 0.6) is 0 Å². The fourth-order valence-corrected chi connectivity index (χ4v) is 2.14. The van der Waals surface area contributed by atoms with Crippen LogP contribution in [0.1, 0.15) is 46.4 Å². The average molecular weight is 243 g/mol. The third kappa shape index (κ3) is 4.06. The molecule has 0 aliphatic rings. The summed E-state index contributed by atoms with van der Waals surface area (Å²) in [6.07, 6.45) is 1.76. The summed E-state index contributed by atoms with van der Waals surface area (Å²) in [6, 6.07) is 0.327. The average Bonchev–Trinajstić information content (AvgIpc) is 2.62. The van der Waals surface area contributed by atoms with E-state index in [4.69, 9.17) is 5.11 Å². The summed E-state index contributed by atoms with van der Waals surface area (Å²) in [5.74, 6) is 0.884. The van der Waals surface area contributed by atoms with Gasteiger partial charge in [-0.2, -0.15) is 4.37 Å². The minimum absolute atomic E-state index is 0.00473. The molecule has 0 spiro atoms. The third-order valence-electron chi connectivity index (χ3n) is 2.26. The Morgan fingerprint density at radius 1 is 1.44 bits per heavy atom. The van der Waals surface area contributed by atoms with Crippen LogP contribution in [0.3, 0.4) is 0 Å². The molecule has 1 aromatic heterocycles. The zero-order valence-corrected chi connectivity index (χ0v) is 11.3. The van der Waals surface area contributed by atoms with Gasteiger partial charge in [-0.3, -0.25) is 0 Å². The second kappa shape index (κ2) is 5.59. The van der Waals surface area contributed by atoms with Gasteiger partial charge in [-0.15, -0.1) is 0 Å². The van der Waals surface area contributed by atoms with E-state index in [2.05, 4.69) is 42.4 Å². The Morgan fingerprint density at radius 2 is 2.12 bits per heavy atom. The van der Waals surface area contributed by atoms with Crippen LogP contribution in [0.2, 0.25) is 0 Å². The normalized spacial score (nSPS) is 13.8. The van der Waals surface area contributed by atoms with Crippen molar-refractivity contribution in [3.05, 3.63) is 5.82 Å². The fourth-order valence-electron chi connectivity index (χ4n) is 1.27. The topological polar surface area (TPSA) is 58.0 Å². The smallest absolute Gasteiger partial charge is 0.202 e. The maximum atomic E-state index is 8.74. The highest BCUT2D eigenvalue weighted by molar-refractivity contribution is 7.09. The lowest BCUT2D eigenvalue weighted by Crippen LogP contribution is -2.16. The maximum Gasteiger partial charge on any atom is 0.202 e. The molecule has 0 bridgehead atoms. The second-order valence-corrected chi connectivity index (χ2v) is 5.84. The molecule has 1 aromatic rings. The van der Waals surface area contributed by atoms with Gasteiger partial charge in [-0.1, -0.05) is 20.8 Å². The predicted molar refractivity (Wildman–Crippen MR) is 68.0 cm³/mol. The number of aliphatic hydroxyl groups is 1. The van der Waals surface area contributed by atoms with Crippen molar-refractivity contribution in [2.75, 3.05) is 11.9 Å². The van der Waals surface area contributed by atoms with Crippen LogP contribution >= 0.6 is 11.5 Å². The van der Waals surface area contributed by atoms with E-state index in [1.807, 2.05) is 0 Å². The van der Waals surface area contributed by atoms with Gasteiger partial charge in [-0.05, 0) is 19.8 Å². The number of rotatable bonds is 5. The highest BCUT2D eigenvalue weighted by atomic mass is 32.1. The van der Waals surface area contributed by atoms with Gasteiger partial charge in [0.05, 0.1) is 0 Å². The van der Waals surface area contributed by atoms with Crippen molar-refractivity contribution in [2.45, 2.75) is 52.0 Å². The van der Waals surface area contributed by atoms with Gasteiger partial charge in [0.1, 0.15) is 5.82 Å². The first-order valence-corrected chi connectivity index (χ1v) is 6.42. The van der Waals surface area contributed by atoms with E-state index < -0.39 is 0 Å². The van der Waals surface area contributed by atoms with Crippen molar-refractivity contribution in [3.63, 3.8) is 0 Å². The summed E-state index contributed by atoms with van der Waals surface area (Å²) in [7, 11) is 0. The SMILES string of the molecule is CC(CCCO)Nc1nc(C(C)(C)C)ns1. The van der Waals surface area contributed by atoms with E-state index in [0.717, 1.165) is 23.8 Å². The number of aromatic nitrogens is 2. The molecule has 4 nitrogen and oxygen atoms in total. The Morgan fingerprint density at radius 3 is 2.62 bits per heavy atom. The molecular formula is C11H21N3OS. The lowest BCUT2D eigenvalue weighted by atomic mass is 9.96. The van der Waals surface area contributed by atoms with Gasteiger partial charge in [0.25, 0.3) is 0 Å². The first-order chi connectivity index (χ1) is 7.43. The van der Waals surface area contributed by atoms with Gasteiger partial charge in [0, 0.05) is 29.6 Å². The molecule has 1 atom stereocenters. The van der Waals surface area contributed by atoms with E-state index in [-0.39, 0.29) is 12.0 Å². The highest BCUT2D eigenvalue weighted by Gasteiger charge is 2.19. The minimum atomic E-state index is 0.00473. The molecule has 2 N–H and O–H groups in total. The van der Waals surface area contributed by atoms with E-state index in [1.165, 1.54) is 11.5 Å². The number of aliphatic hydroxyl groups excluding tert-OH is 1. The van der Waals surface area contributed by atoms with Gasteiger partial charge in [-0.25, -0.2) is 4.98 Å². The molecule has 92 valence electrons. The maximum absolute atomic E-state index is 8.74. The number of hydrogen-bond donors (Lipinski definition) is 2. The highest BCUT2D eigenvalue weighted by Crippen LogP contribution is 2.23. The van der Waals surface area contributed by atoms with Crippen LogP contribution in [-0.2, 0) is 5.41 Å². The number of nitrogens with one attached hydrogen (secondary N) is 1. The Labute approximate surface area is 101 Å². The first-order valence-electron chi connectivity index (χ1n) is 5.65. The number of nitrogens with zero attached hydrogens (tertiary/aromatic N) is 2. The van der Waals surface area contributed by atoms with Crippen molar-refractivity contribution in [1.29, 1.82) is 0 Å². The molecule has 1 rings (SSSR count). The molecule has 0 aliphatic heterocycles. The van der Waals surface area contributed by atoms with E-state index >= 15 is 0 Å². The molecule has 0 saturated heterocycles. The zero-order chi connectivity index (χ0) is 12.2. The standard InChI is InChI=1S/C11H21N3OS/c1-8(6-5-7-15)12-10-13-9(14-16-10)11(2,3)4/h8,15H,5-7H2,1-4H3,(H,12,13,14). The third-order valence-corrected chi connectivity index (χ3v) is 2.91. The van der Waals surface area contributed by atoms with Crippen molar-refractivity contribution in [1.82, 2.24) is 9.36 Å². The van der Waals surface area contributed by atoms with Crippen LogP contribution in [0.15, 0.2) is 0 Å². The van der Waals surface area contributed by atoms with Crippen LogP contribution in [-0.4, -0.2) is 27.1 Å².